The standard InChI is InChI=1S/C15H21N3O2S.ClH/c1-20-11-10-16-8-9-17-14(19)6-7-15-18-12-4-2-3-5-13(12)21-15;/h2-5,16H,6-11H2,1H3,(H,17,19);1H. The van der Waals surface area contributed by atoms with Gasteiger partial charge in [0, 0.05) is 39.6 Å². The number of aryl methyl sites for hydroxylation is 1. The van der Waals surface area contributed by atoms with Crippen LogP contribution in [0.1, 0.15) is 11.4 Å². The van der Waals surface area contributed by atoms with E-state index in [-0.39, 0.29) is 18.3 Å². The number of thiazole rings is 1. The molecule has 2 N–H and O–H groups in total. The number of para-hydroxylation sites is 1. The Hall–Kier alpha value is -1.21. The molecule has 2 aromatic rings. The summed E-state index contributed by atoms with van der Waals surface area (Å²) >= 11 is 1.66. The van der Waals surface area contributed by atoms with Gasteiger partial charge >= 0.3 is 0 Å². The first-order chi connectivity index (χ1) is 10.3. The molecule has 1 aromatic heterocycles. The van der Waals surface area contributed by atoms with Crippen LogP contribution in [-0.2, 0) is 16.0 Å². The van der Waals surface area contributed by atoms with Gasteiger partial charge in [0.15, 0.2) is 0 Å². The molecular weight excluding hydrogens is 322 g/mol. The van der Waals surface area contributed by atoms with Crippen molar-refractivity contribution in [1.82, 2.24) is 15.6 Å². The van der Waals surface area contributed by atoms with Gasteiger partial charge in [-0.15, -0.1) is 23.7 Å². The molecule has 0 aliphatic heterocycles. The van der Waals surface area contributed by atoms with E-state index in [0.717, 1.165) is 23.6 Å². The summed E-state index contributed by atoms with van der Waals surface area (Å²) in [7, 11) is 1.67. The van der Waals surface area contributed by atoms with Crippen molar-refractivity contribution < 1.29 is 9.53 Å². The number of benzene rings is 1. The van der Waals surface area contributed by atoms with Gasteiger partial charge in [0.25, 0.3) is 0 Å². The summed E-state index contributed by atoms with van der Waals surface area (Å²) < 4.78 is 6.10. The highest BCUT2D eigenvalue weighted by atomic mass is 35.5. The number of aromatic nitrogens is 1. The molecule has 0 saturated carbocycles. The number of nitrogens with one attached hydrogen (secondary N) is 2. The molecule has 1 heterocycles. The van der Waals surface area contributed by atoms with Crippen LogP contribution in [0.2, 0.25) is 0 Å². The Balaban J connectivity index is 0.00000242. The summed E-state index contributed by atoms with van der Waals surface area (Å²) in [6, 6.07) is 8.05. The first-order valence-corrected chi connectivity index (χ1v) is 7.92. The van der Waals surface area contributed by atoms with Gasteiger partial charge in [0.1, 0.15) is 0 Å². The predicted molar refractivity (Wildman–Crippen MR) is 92.9 cm³/mol. The lowest BCUT2D eigenvalue weighted by Crippen LogP contribution is -2.33. The van der Waals surface area contributed by atoms with Gasteiger partial charge in [-0.3, -0.25) is 4.79 Å². The van der Waals surface area contributed by atoms with Gasteiger partial charge in [-0.25, -0.2) is 4.98 Å². The SMILES string of the molecule is COCCNCCNC(=O)CCc1nc2ccccc2s1.Cl. The fraction of sp³-hybridized carbons (Fsp3) is 0.467. The number of carbonyl (C=O) groups excluding carboxylic acids is 1. The molecule has 0 fully saturated rings. The number of methoxy groups -OCH3 is 1. The fourth-order valence-corrected chi connectivity index (χ4v) is 2.89. The molecule has 0 unspecified atom stereocenters. The summed E-state index contributed by atoms with van der Waals surface area (Å²) in [6.07, 6.45) is 1.18. The van der Waals surface area contributed by atoms with Crippen molar-refractivity contribution in [3.8, 4) is 0 Å². The van der Waals surface area contributed by atoms with Crippen LogP contribution in [0.25, 0.3) is 10.2 Å². The number of ether oxygens (including phenoxy) is 1. The molecule has 122 valence electrons. The molecule has 7 heteroatoms. The van der Waals surface area contributed by atoms with Crippen LogP contribution < -0.4 is 10.6 Å². The Morgan fingerprint density at radius 3 is 2.86 bits per heavy atom. The molecule has 1 aromatic carbocycles. The minimum atomic E-state index is 0. The average Bonchev–Trinajstić information content (AvgIpc) is 2.91. The second-order valence-electron chi connectivity index (χ2n) is 4.67. The van der Waals surface area contributed by atoms with Crippen LogP contribution in [0.3, 0.4) is 0 Å². The first-order valence-electron chi connectivity index (χ1n) is 7.10. The number of hydrogen-bond donors (Lipinski definition) is 2. The molecule has 0 radical (unpaired) electrons. The van der Waals surface area contributed by atoms with Crippen LogP contribution in [0, 0.1) is 0 Å². The molecule has 0 atom stereocenters. The van der Waals surface area contributed by atoms with Crippen molar-refractivity contribution in [3.63, 3.8) is 0 Å². The Morgan fingerprint density at radius 1 is 1.27 bits per heavy atom. The molecule has 0 spiro atoms. The van der Waals surface area contributed by atoms with Crippen molar-refractivity contribution in [2.24, 2.45) is 0 Å². The minimum absolute atomic E-state index is 0. The lowest BCUT2D eigenvalue weighted by Gasteiger charge is -2.05. The predicted octanol–water partition coefficient (Wildman–Crippen LogP) is 2.00. The van der Waals surface area contributed by atoms with Crippen LogP contribution in [-0.4, -0.2) is 44.2 Å². The third kappa shape index (κ3) is 6.27. The number of nitrogens with zero attached hydrogens (tertiary/aromatic N) is 1. The number of halogens is 1. The molecule has 0 saturated heterocycles. The Labute approximate surface area is 140 Å². The van der Waals surface area contributed by atoms with E-state index in [2.05, 4.69) is 21.7 Å². The third-order valence-corrected chi connectivity index (χ3v) is 4.11. The van der Waals surface area contributed by atoms with Crippen molar-refractivity contribution >= 4 is 39.9 Å². The van der Waals surface area contributed by atoms with Crippen molar-refractivity contribution in [2.75, 3.05) is 33.4 Å². The third-order valence-electron chi connectivity index (χ3n) is 3.01. The summed E-state index contributed by atoms with van der Waals surface area (Å²) in [4.78, 5) is 16.3. The zero-order chi connectivity index (χ0) is 14.9. The highest BCUT2D eigenvalue weighted by Crippen LogP contribution is 2.22. The van der Waals surface area contributed by atoms with Gasteiger partial charge < -0.3 is 15.4 Å². The monoisotopic (exact) mass is 343 g/mol. The molecule has 0 bridgehead atoms. The van der Waals surface area contributed by atoms with E-state index in [4.69, 9.17) is 4.74 Å². The van der Waals surface area contributed by atoms with Gasteiger partial charge in [-0.1, -0.05) is 12.1 Å². The molecular formula is C15H22ClN3O2S. The largest absolute Gasteiger partial charge is 0.383 e. The van der Waals surface area contributed by atoms with Crippen LogP contribution in [0.5, 0.6) is 0 Å². The van der Waals surface area contributed by atoms with E-state index < -0.39 is 0 Å². The first kappa shape index (κ1) is 18.8. The smallest absolute Gasteiger partial charge is 0.220 e. The number of hydrogen-bond acceptors (Lipinski definition) is 5. The molecule has 5 nitrogen and oxygen atoms in total. The topological polar surface area (TPSA) is 63.2 Å². The Bertz CT molecular complexity index is 544. The van der Waals surface area contributed by atoms with Crippen LogP contribution in [0.15, 0.2) is 24.3 Å². The lowest BCUT2D eigenvalue weighted by molar-refractivity contribution is -0.121. The van der Waals surface area contributed by atoms with Gasteiger partial charge in [-0.05, 0) is 12.1 Å². The van der Waals surface area contributed by atoms with Crippen LogP contribution >= 0.6 is 23.7 Å². The van der Waals surface area contributed by atoms with Crippen LogP contribution in [0.4, 0.5) is 0 Å². The van der Waals surface area contributed by atoms with E-state index in [1.807, 2.05) is 18.2 Å². The molecule has 1 amide bonds. The number of fused-ring (bicyclic) bond motifs is 1. The molecule has 22 heavy (non-hydrogen) atoms. The number of carbonyl (C=O) groups is 1. The zero-order valence-corrected chi connectivity index (χ0v) is 14.3. The highest BCUT2D eigenvalue weighted by Gasteiger charge is 2.06. The number of rotatable bonds is 9. The lowest BCUT2D eigenvalue weighted by atomic mass is 10.3. The second kappa shape index (κ2) is 10.5. The van der Waals surface area contributed by atoms with Crippen molar-refractivity contribution in [1.29, 1.82) is 0 Å². The van der Waals surface area contributed by atoms with Gasteiger partial charge in [-0.2, -0.15) is 0 Å². The van der Waals surface area contributed by atoms with E-state index in [0.29, 0.717) is 26.0 Å². The Kier molecular flexibility index (Phi) is 9.00. The zero-order valence-electron chi connectivity index (χ0n) is 12.6. The maximum Gasteiger partial charge on any atom is 0.220 e. The quantitative estimate of drug-likeness (QED) is 0.684. The second-order valence-corrected chi connectivity index (χ2v) is 5.78. The maximum atomic E-state index is 11.7. The van der Waals surface area contributed by atoms with Crippen molar-refractivity contribution in [2.45, 2.75) is 12.8 Å². The normalized spacial score (nSPS) is 10.4. The van der Waals surface area contributed by atoms with E-state index in [1.54, 1.807) is 18.4 Å². The summed E-state index contributed by atoms with van der Waals surface area (Å²) in [5.41, 5.74) is 1.01. The fourth-order valence-electron chi connectivity index (χ4n) is 1.93. The number of amides is 1. The van der Waals surface area contributed by atoms with E-state index >= 15 is 0 Å². The Morgan fingerprint density at radius 2 is 2.09 bits per heavy atom. The maximum absolute atomic E-state index is 11.7. The van der Waals surface area contributed by atoms with Crippen molar-refractivity contribution in [3.05, 3.63) is 29.3 Å². The summed E-state index contributed by atoms with van der Waals surface area (Å²) in [5.74, 6) is 0.0720. The highest BCUT2D eigenvalue weighted by molar-refractivity contribution is 7.18. The van der Waals surface area contributed by atoms with Gasteiger partial charge in [0.2, 0.25) is 5.91 Å². The molecule has 2 rings (SSSR count). The van der Waals surface area contributed by atoms with Gasteiger partial charge in [0.05, 0.1) is 21.8 Å². The van der Waals surface area contributed by atoms with E-state index in [9.17, 15) is 4.79 Å². The molecule has 0 aliphatic carbocycles. The summed E-state index contributed by atoms with van der Waals surface area (Å²) in [5, 5.41) is 7.10. The average molecular weight is 344 g/mol. The molecule has 0 aliphatic rings. The van der Waals surface area contributed by atoms with E-state index in [1.165, 1.54) is 4.70 Å². The minimum Gasteiger partial charge on any atom is -0.383 e. The summed E-state index contributed by atoms with van der Waals surface area (Å²) in [6.45, 7) is 2.89.